The van der Waals surface area contributed by atoms with Crippen LogP contribution in [0.2, 0.25) is 0 Å². The number of hydrogen-bond donors (Lipinski definition) is 1. The summed E-state index contributed by atoms with van der Waals surface area (Å²) >= 11 is 5.58. The summed E-state index contributed by atoms with van der Waals surface area (Å²) in [6.07, 6.45) is 0. The smallest absolute Gasteiger partial charge is 0.488 e. The van der Waals surface area contributed by atoms with Gasteiger partial charge in [0, 0.05) is 0 Å². The normalized spacial score (nSPS) is 11.4. The Balaban J connectivity index is 2.83. The van der Waals surface area contributed by atoms with Crippen molar-refractivity contribution in [2.75, 3.05) is 25.7 Å². The van der Waals surface area contributed by atoms with Gasteiger partial charge in [-0.25, -0.2) is 0 Å². The fraction of sp³-hybridized carbons (Fsp3) is 0.500. The third-order valence-electron chi connectivity index (χ3n) is 1.98. The predicted molar refractivity (Wildman–Crippen MR) is 75.7 cm³/mol. The molecule has 0 aromatic heterocycles. The van der Waals surface area contributed by atoms with E-state index < -0.39 is 8.17 Å². The van der Waals surface area contributed by atoms with Crippen LogP contribution in [-0.4, -0.2) is 30.6 Å². The average Bonchev–Trinajstić information content (AvgIpc) is 2.38. The van der Waals surface area contributed by atoms with E-state index in [0.717, 1.165) is 0 Å². The quantitative estimate of drug-likeness (QED) is 0.559. The van der Waals surface area contributed by atoms with E-state index in [-0.39, 0.29) is 13.2 Å². The summed E-state index contributed by atoms with van der Waals surface area (Å²) in [5.74, 6) is 1.22. The highest BCUT2D eigenvalue weighted by atomic mass is 35.5. The molecule has 0 spiro atoms. The van der Waals surface area contributed by atoms with Crippen LogP contribution >= 0.6 is 19.8 Å². The second-order valence-corrected chi connectivity index (χ2v) is 5.39. The molecule has 0 amide bonds. The first-order valence-corrected chi connectivity index (χ1v) is 8.06. The van der Waals surface area contributed by atoms with Gasteiger partial charge < -0.3 is 4.74 Å². The van der Waals surface area contributed by atoms with Crippen LogP contribution in [0.25, 0.3) is 0 Å². The van der Waals surface area contributed by atoms with Crippen LogP contribution in [0.1, 0.15) is 13.8 Å². The molecule has 108 valence electrons. The lowest BCUT2D eigenvalue weighted by Gasteiger charge is -2.15. The van der Waals surface area contributed by atoms with Crippen LogP contribution in [0.3, 0.4) is 0 Å². The van der Waals surface area contributed by atoms with Crippen LogP contribution in [-0.2, 0) is 9.05 Å². The number of para-hydroxylation sites is 2. The minimum Gasteiger partial charge on any atom is -0.488 e. The number of rotatable bonds is 9. The second kappa shape index (κ2) is 8.56. The standard InChI is InChI=1S/C12H19ClO5P/c1-3-16-19(14,17-4-2)18-12-8-6-5-7-11(12)15-10-9-13/h5-8,14H,3-4,9-10H2,1-2H3/q+1. The maximum absolute atomic E-state index is 10.2. The van der Waals surface area contributed by atoms with Crippen LogP contribution in [0.5, 0.6) is 11.5 Å². The molecule has 0 atom stereocenters. The van der Waals surface area contributed by atoms with E-state index in [1.807, 2.05) is 0 Å². The second-order valence-electron chi connectivity index (χ2n) is 3.38. The summed E-state index contributed by atoms with van der Waals surface area (Å²) in [6, 6.07) is 6.97. The highest BCUT2D eigenvalue weighted by Crippen LogP contribution is 2.58. The van der Waals surface area contributed by atoms with E-state index in [9.17, 15) is 4.89 Å². The fourth-order valence-electron chi connectivity index (χ4n) is 1.33. The van der Waals surface area contributed by atoms with Crippen molar-refractivity contribution in [2.45, 2.75) is 13.8 Å². The molecule has 0 bridgehead atoms. The van der Waals surface area contributed by atoms with Crippen molar-refractivity contribution in [3.63, 3.8) is 0 Å². The Labute approximate surface area is 119 Å². The molecule has 0 saturated heterocycles. The summed E-state index contributed by atoms with van der Waals surface area (Å²) in [5.41, 5.74) is 0. The first-order valence-electron chi connectivity index (χ1n) is 6.03. The molecule has 1 N–H and O–H groups in total. The van der Waals surface area contributed by atoms with Crippen molar-refractivity contribution in [3.8, 4) is 11.5 Å². The lowest BCUT2D eigenvalue weighted by atomic mass is 10.3. The Morgan fingerprint density at radius 2 is 1.68 bits per heavy atom. The Kier molecular flexibility index (Phi) is 7.42. The number of alkyl halides is 1. The van der Waals surface area contributed by atoms with E-state index in [1.54, 1.807) is 38.1 Å². The van der Waals surface area contributed by atoms with E-state index in [4.69, 9.17) is 29.9 Å². The Bertz CT molecular complexity index is 371. The molecule has 0 heterocycles. The number of ether oxygens (including phenoxy) is 1. The van der Waals surface area contributed by atoms with E-state index >= 15 is 0 Å². The third kappa shape index (κ3) is 5.51. The van der Waals surface area contributed by atoms with Crippen molar-refractivity contribution in [2.24, 2.45) is 0 Å². The highest BCUT2D eigenvalue weighted by Gasteiger charge is 2.46. The van der Waals surface area contributed by atoms with Crippen molar-refractivity contribution < 1.29 is 23.2 Å². The van der Waals surface area contributed by atoms with Crippen LogP contribution in [0, 0.1) is 0 Å². The van der Waals surface area contributed by atoms with Crippen molar-refractivity contribution in [3.05, 3.63) is 24.3 Å². The lowest BCUT2D eigenvalue weighted by molar-refractivity contribution is 0.131. The predicted octanol–water partition coefficient (Wildman–Crippen LogP) is 3.43. The Morgan fingerprint density at radius 1 is 1.11 bits per heavy atom. The Hall–Kier alpha value is -0.580. The molecule has 0 radical (unpaired) electrons. The van der Waals surface area contributed by atoms with E-state index in [1.165, 1.54) is 0 Å². The van der Waals surface area contributed by atoms with E-state index in [0.29, 0.717) is 24.0 Å². The van der Waals surface area contributed by atoms with Crippen LogP contribution < -0.4 is 9.26 Å². The van der Waals surface area contributed by atoms with Gasteiger partial charge in [-0.1, -0.05) is 12.1 Å². The Morgan fingerprint density at radius 3 is 2.21 bits per heavy atom. The molecule has 7 heteroatoms. The first-order chi connectivity index (χ1) is 9.15. The summed E-state index contributed by atoms with van der Waals surface area (Å²) in [4.78, 5) is 10.2. The largest absolute Gasteiger partial charge is 0.619 e. The first kappa shape index (κ1) is 16.5. The van der Waals surface area contributed by atoms with Gasteiger partial charge in [-0.3, -0.25) is 4.52 Å². The maximum atomic E-state index is 10.2. The molecular formula is C12H19ClO5P+. The molecular weight excluding hydrogens is 291 g/mol. The molecule has 0 aliphatic rings. The molecule has 0 fully saturated rings. The van der Waals surface area contributed by atoms with Crippen molar-refractivity contribution >= 4 is 19.8 Å². The van der Waals surface area contributed by atoms with Gasteiger partial charge in [-0.05, 0) is 26.0 Å². The van der Waals surface area contributed by atoms with Gasteiger partial charge in [0.05, 0.1) is 19.1 Å². The third-order valence-corrected chi connectivity index (χ3v) is 3.73. The van der Waals surface area contributed by atoms with Gasteiger partial charge in [-0.2, -0.15) is 4.89 Å². The summed E-state index contributed by atoms with van der Waals surface area (Å²) in [7, 11) is -3.36. The van der Waals surface area contributed by atoms with Gasteiger partial charge in [0.15, 0.2) is 5.75 Å². The topological polar surface area (TPSA) is 57.2 Å². The van der Waals surface area contributed by atoms with Gasteiger partial charge >= 0.3 is 8.17 Å². The summed E-state index contributed by atoms with van der Waals surface area (Å²) < 4.78 is 21.2. The van der Waals surface area contributed by atoms with Crippen LogP contribution in [0.15, 0.2) is 24.3 Å². The average molecular weight is 310 g/mol. The molecule has 19 heavy (non-hydrogen) atoms. The zero-order chi connectivity index (χ0) is 14.1. The minimum absolute atomic E-state index is 0.287. The summed E-state index contributed by atoms with van der Waals surface area (Å²) in [5, 5.41) is 0. The van der Waals surface area contributed by atoms with Crippen LogP contribution in [0.4, 0.5) is 0 Å². The zero-order valence-corrected chi connectivity index (χ0v) is 12.7. The SMILES string of the molecule is CCO[P+](O)(OCC)Oc1ccccc1OCCCl. The van der Waals surface area contributed by atoms with Crippen molar-refractivity contribution in [1.29, 1.82) is 0 Å². The molecule has 0 saturated carbocycles. The van der Waals surface area contributed by atoms with E-state index in [2.05, 4.69) is 0 Å². The zero-order valence-electron chi connectivity index (χ0n) is 11.0. The fourth-order valence-corrected chi connectivity index (χ4v) is 2.64. The van der Waals surface area contributed by atoms with Gasteiger partial charge in [0.1, 0.15) is 6.61 Å². The molecule has 0 aliphatic heterocycles. The summed E-state index contributed by atoms with van der Waals surface area (Å²) in [6.45, 7) is 4.43. The van der Waals surface area contributed by atoms with Gasteiger partial charge in [-0.15, -0.1) is 20.6 Å². The van der Waals surface area contributed by atoms with Gasteiger partial charge in [0.25, 0.3) is 0 Å². The monoisotopic (exact) mass is 309 g/mol. The minimum atomic E-state index is -3.36. The maximum Gasteiger partial charge on any atom is 0.619 e. The number of hydrogen-bond acceptors (Lipinski definition) is 5. The number of halogens is 1. The molecule has 0 unspecified atom stereocenters. The molecule has 1 aromatic rings. The van der Waals surface area contributed by atoms with Crippen molar-refractivity contribution in [1.82, 2.24) is 0 Å². The number of benzene rings is 1. The highest BCUT2D eigenvalue weighted by molar-refractivity contribution is 7.55. The van der Waals surface area contributed by atoms with Gasteiger partial charge in [0.2, 0.25) is 5.75 Å². The molecule has 1 aromatic carbocycles. The molecule has 5 nitrogen and oxygen atoms in total. The molecule has 0 aliphatic carbocycles. The molecule has 1 rings (SSSR count). The lowest BCUT2D eigenvalue weighted by Crippen LogP contribution is -2.10.